The molecule has 2 aromatic carbocycles. The number of benzene rings is 2. The standard InChI is InChI=1S/C14H9Br2NO2/c15-10-6-9-8-17(11-4-2-1-3-5-11)14(18)19-13(9)12(16)7-10/h1-7H,8H2. The predicted molar refractivity (Wildman–Crippen MR) is 80.5 cm³/mol. The minimum absolute atomic E-state index is 0.360. The average molecular weight is 383 g/mol. The summed E-state index contributed by atoms with van der Waals surface area (Å²) in [6, 6.07) is 13.3. The van der Waals surface area contributed by atoms with Crippen LogP contribution in [0.2, 0.25) is 0 Å². The van der Waals surface area contributed by atoms with E-state index in [1.807, 2.05) is 42.5 Å². The normalized spacial score (nSPS) is 14.0. The molecule has 0 fully saturated rings. The Balaban J connectivity index is 2.03. The first-order valence-corrected chi connectivity index (χ1v) is 7.26. The lowest BCUT2D eigenvalue weighted by Gasteiger charge is -2.28. The van der Waals surface area contributed by atoms with Gasteiger partial charge in [-0.2, -0.15) is 0 Å². The zero-order chi connectivity index (χ0) is 13.4. The van der Waals surface area contributed by atoms with Gasteiger partial charge in [-0.15, -0.1) is 0 Å². The van der Waals surface area contributed by atoms with Crippen molar-refractivity contribution in [3.63, 3.8) is 0 Å². The molecule has 0 saturated carbocycles. The Morgan fingerprint density at radius 3 is 2.58 bits per heavy atom. The summed E-state index contributed by atoms with van der Waals surface area (Å²) in [5.74, 6) is 0.598. The number of hydrogen-bond donors (Lipinski definition) is 0. The summed E-state index contributed by atoms with van der Waals surface area (Å²) < 4.78 is 7.13. The van der Waals surface area contributed by atoms with Crippen molar-refractivity contribution in [3.8, 4) is 5.75 Å². The number of halogens is 2. The molecule has 1 amide bonds. The Morgan fingerprint density at radius 1 is 1.11 bits per heavy atom. The molecule has 0 aliphatic carbocycles. The van der Waals surface area contributed by atoms with Crippen LogP contribution in [-0.4, -0.2) is 6.09 Å². The first-order chi connectivity index (χ1) is 9.15. The molecule has 0 unspecified atom stereocenters. The van der Waals surface area contributed by atoms with Gasteiger partial charge in [0.25, 0.3) is 0 Å². The Bertz CT molecular complexity index is 643. The summed E-state index contributed by atoms with van der Waals surface area (Å²) in [7, 11) is 0. The van der Waals surface area contributed by atoms with Crippen molar-refractivity contribution >= 4 is 43.6 Å². The highest BCUT2D eigenvalue weighted by Crippen LogP contribution is 2.37. The molecule has 19 heavy (non-hydrogen) atoms. The van der Waals surface area contributed by atoms with E-state index < -0.39 is 0 Å². The lowest BCUT2D eigenvalue weighted by atomic mass is 10.1. The maximum absolute atomic E-state index is 12.1. The van der Waals surface area contributed by atoms with E-state index in [2.05, 4.69) is 31.9 Å². The summed E-state index contributed by atoms with van der Waals surface area (Å²) in [5, 5.41) is 0. The second-order valence-electron chi connectivity index (χ2n) is 4.17. The van der Waals surface area contributed by atoms with E-state index in [-0.39, 0.29) is 6.09 Å². The highest BCUT2D eigenvalue weighted by Gasteiger charge is 2.27. The van der Waals surface area contributed by atoms with E-state index in [9.17, 15) is 4.79 Å². The zero-order valence-corrected chi connectivity index (χ0v) is 12.9. The van der Waals surface area contributed by atoms with Crippen LogP contribution in [0.3, 0.4) is 0 Å². The predicted octanol–water partition coefficient (Wildman–Crippen LogP) is 4.73. The molecular formula is C14H9Br2NO2. The van der Waals surface area contributed by atoms with Gasteiger partial charge in [0.15, 0.2) is 5.75 Å². The van der Waals surface area contributed by atoms with E-state index in [4.69, 9.17) is 4.74 Å². The highest BCUT2D eigenvalue weighted by atomic mass is 79.9. The summed E-state index contributed by atoms with van der Waals surface area (Å²) in [4.78, 5) is 13.7. The van der Waals surface area contributed by atoms with Gasteiger partial charge < -0.3 is 4.74 Å². The SMILES string of the molecule is O=C1Oc2c(Br)cc(Br)cc2CN1c1ccccc1. The average Bonchev–Trinajstić information content (AvgIpc) is 2.40. The van der Waals surface area contributed by atoms with Crippen LogP contribution in [0.15, 0.2) is 51.4 Å². The summed E-state index contributed by atoms with van der Waals surface area (Å²) in [6.45, 7) is 0.496. The fourth-order valence-electron chi connectivity index (χ4n) is 2.03. The minimum atomic E-state index is -0.360. The van der Waals surface area contributed by atoms with Crippen molar-refractivity contribution in [2.45, 2.75) is 6.54 Å². The van der Waals surface area contributed by atoms with Crippen LogP contribution < -0.4 is 9.64 Å². The lowest BCUT2D eigenvalue weighted by Crippen LogP contribution is -2.37. The number of para-hydroxylation sites is 1. The zero-order valence-electron chi connectivity index (χ0n) is 9.77. The lowest BCUT2D eigenvalue weighted by molar-refractivity contribution is 0.202. The van der Waals surface area contributed by atoms with Crippen molar-refractivity contribution in [1.29, 1.82) is 0 Å². The van der Waals surface area contributed by atoms with Crippen LogP contribution in [0.4, 0.5) is 10.5 Å². The van der Waals surface area contributed by atoms with E-state index in [0.29, 0.717) is 12.3 Å². The molecule has 3 nitrogen and oxygen atoms in total. The van der Waals surface area contributed by atoms with Crippen LogP contribution in [0, 0.1) is 0 Å². The fourth-order valence-corrected chi connectivity index (χ4v) is 3.42. The number of rotatable bonds is 1. The number of fused-ring (bicyclic) bond motifs is 1. The molecular weight excluding hydrogens is 374 g/mol. The molecule has 0 atom stereocenters. The van der Waals surface area contributed by atoms with Gasteiger partial charge in [0.1, 0.15) is 0 Å². The molecule has 2 aromatic rings. The van der Waals surface area contributed by atoms with Crippen molar-refractivity contribution in [1.82, 2.24) is 0 Å². The largest absolute Gasteiger partial charge is 0.420 e. The van der Waals surface area contributed by atoms with Crippen LogP contribution >= 0.6 is 31.9 Å². The number of amides is 1. The number of hydrogen-bond acceptors (Lipinski definition) is 2. The first kappa shape index (κ1) is 12.7. The van der Waals surface area contributed by atoms with Gasteiger partial charge in [-0.3, -0.25) is 4.90 Å². The molecule has 3 rings (SSSR count). The maximum atomic E-state index is 12.1. The van der Waals surface area contributed by atoms with Gasteiger partial charge in [-0.1, -0.05) is 34.1 Å². The van der Waals surface area contributed by atoms with Crippen LogP contribution in [0.1, 0.15) is 5.56 Å². The molecule has 0 spiro atoms. The van der Waals surface area contributed by atoms with Crippen LogP contribution in [-0.2, 0) is 6.54 Å². The first-order valence-electron chi connectivity index (χ1n) is 5.67. The summed E-state index contributed by atoms with van der Waals surface area (Å²) in [5.41, 5.74) is 1.79. The quantitative estimate of drug-likeness (QED) is 0.713. The fraction of sp³-hybridized carbons (Fsp3) is 0.0714. The maximum Gasteiger partial charge on any atom is 0.420 e. The Morgan fingerprint density at radius 2 is 1.84 bits per heavy atom. The smallest absolute Gasteiger partial charge is 0.408 e. The van der Waals surface area contributed by atoms with Crippen molar-refractivity contribution in [2.24, 2.45) is 0 Å². The number of anilines is 1. The molecule has 1 aliphatic rings. The third-order valence-electron chi connectivity index (χ3n) is 2.89. The second kappa shape index (κ2) is 4.98. The van der Waals surface area contributed by atoms with Gasteiger partial charge in [-0.05, 0) is 40.2 Å². The molecule has 0 N–H and O–H groups in total. The molecule has 96 valence electrons. The number of carbonyl (C=O) groups is 1. The number of nitrogens with zero attached hydrogens (tertiary/aromatic N) is 1. The summed E-state index contributed by atoms with van der Waals surface area (Å²) >= 11 is 6.85. The van der Waals surface area contributed by atoms with E-state index in [1.54, 1.807) is 4.90 Å². The van der Waals surface area contributed by atoms with Crippen molar-refractivity contribution in [3.05, 3.63) is 57.0 Å². The van der Waals surface area contributed by atoms with Gasteiger partial charge >= 0.3 is 6.09 Å². The Hall–Kier alpha value is -1.33. The van der Waals surface area contributed by atoms with E-state index in [0.717, 1.165) is 20.2 Å². The molecule has 1 aliphatic heterocycles. The molecule has 5 heteroatoms. The van der Waals surface area contributed by atoms with Crippen LogP contribution in [0.25, 0.3) is 0 Å². The summed E-state index contributed by atoms with van der Waals surface area (Å²) in [6.07, 6.45) is -0.360. The third-order valence-corrected chi connectivity index (χ3v) is 3.94. The monoisotopic (exact) mass is 381 g/mol. The molecule has 0 aromatic heterocycles. The van der Waals surface area contributed by atoms with Crippen LogP contribution in [0.5, 0.6) is 5.75 Å². The molecule has 0 bridgehead atoms. The number of ether oxygens (including phenoxy) is 1. The van der Waals surface area contributed by atoms with Gasteiger partial charge in [0, 0.05) is 15.7 Å². The minimum Gasteiger partial charge on any atom is -0.408 e. The molecule has 0 saturated heterocycles. The van der Waals surface area contributed by atoms with E-state index >= 15 is 0 Å². The number of carbonyl (C=O) groups excluding carboxylic acids is 1. The van der Waals surface area contributed by atoms with E-state index in [1.165, 1.54) is 0 Å². The Labute approximate surface area is 127 Å². The van der Waals surface area contributed by atoms with Gasteiger partial charge in [0.05, 0.1) is 11.0 Å². The van der Waals surface area contributed by atoms with Gasteiger partial charge in [0.2, 0.25) is 0 Å². The highest BCUT2D eigenvalue weighted by molar-refractivity contribution is 9.11. The second-order valence-corrected chi connectivity index (χ2v) is 5.94. The Kier molecular flexibility index (Phi) is 3.33. The topological polar surface area (TPSA) is 29.5 Å². The third kappa shape index (κ3) is 2.40. The van der Waals surface area contributed by atoms with Gasteiger partial charge in [-0.25, -0.2) is 4.79 Å². The molecule has 0 radical (unpaired) electrons. The van der Waals surface area contributed by atoms with Crippen molar-refractivity contribution in [2.75, 3.05) is 4.90 Å². The molecule has 1 heterocycles. The van der Waals surface area contributed by atoms with Crippen molar-refractivity contribution < 1.29 is 9.53 Å².